The molecule has 0 N–H and O–H groups in total. The van der Waals surface area contributed by atoms with Crippen molar-refractivity contribution in [2.75, 3.05) is 0 Å². The molecule has 6 aromatic heterocycles. The average Bonchev–Trinajstić information content (AvgIpc) is 4.35. The standard InChI is InChI=1S/C68H35N5S3/c1-70-62-63(71-49-25-11-5-22-45(49)59-52(71)34-31-42-39-19-8-14-28-55(39)74-66(42)59)48(37-69)58(38-17-3-2-4-18-38)64(72-50-26-12-6-23-46(50)60-53(72)35-32-43-40-20-9-15-29-56(40)75-67(43)60)65(62)73-51-27-13-7-24-47(51)61-54(73)36-33-44-41-21-10-16-30-57(41)76-68(44)61/h2-36H/i2D,3D,4D,17D,18D. The fourth-order valence-electron chi connectivity index (χ4n) is 12.6. The first-order chi connectivity index (χ1) is 39.7. The van der Waals surface area contributed by atoms with Gasteiger partial charge in [0.25, 0.3) is 0 Å². The lowest BCUT2D eigenvalue weighted by Gasteiger charge is -2.26. The first kappa shape index (κ1) is 37.2. The lowest BCUT2D eigenvalue weighted by Crippen LogP contribution is -2.11. The Morgan fingerprint density at radius 1 is 0.395 bits per heavy atom. The normalized spacial score (nSPS) is 13.1. The van der Waals surface area contributed by atoms with E-state index in [1.807, 2.05) is 65.2 Å². The van der Waals surface area contributed by atoms with Crippen LogP contribution < -0.4 is 0 Å². The minimum atomic E-state index is -0.555. The first-order valence-corrected chi connectivity index (χ1v) is 27.3. The van der Waals surface area contributed by atoms with Gasteiger partial charge in [-0.2, -0.15) is 5.26 Å². The number of hydrogen-bond donors (Lipinski definition) is 0. The van der Waals surface area contributed by atoms with E-state index in [0.717, 1.165) is 126 Å². The molecule has 17 aromatic rings. The predicted octanol–water partition coefficient (Wildman–Crippen LogP) is 20.2. The quantitative estimate of drug-likeness (QED) is 0.162. The Balaban J connectivity index is 1.17. The third-order valence-corrected chi connectivity index (χ3v) is 19.2. The number of nitrogens with zero attached hydrogens (tertiary/aromatic N) is 5. The minimum absolute atomic E-state index is 0.0149. The van der Waals surface area contributed by atoms with Crippen molar-refractivity contribution in [1.29, 1.82) is 5.26 Å². The van der Waals surface area contributed by atoms with Gasteiger partial charge in [0.05, 0.1) is 69.2 Å². The molecule has 0 aliphatic heterocycles. The van der Waals surface area contributed by atoms with Crippen LogP contribution in [0.3, 0.4) is 0 Å². The molecule has 0 atom stereocenters. The Labute approximate surface area is 452 Å². The molecule has 0 aliphatic carbocycles. The van der Waals surface area contributed by atoms with Gasteiger partial charge in [0, 0.05) is 98.4 Å². The molecule has 350 valence electrons. The molecule has 0 radical (unpaired) electrons. The average molecular weight is 1020 g/mol. The molecule has 0 bridgehead atoms. The predicted molar refractivity (Wildman–Crippen MR) is 325 cm³/mol. The molecule has 11 aromatic carbocycles. The van der Waals surface area contributed by atoms with Crippen LogP contribution in [0.4, 0.5) is 5.69 Å². The molecule has 0 fully saturated rings. The smallest absolute Gasteiger partial charge is 0.237 e. The molecule has 0 aliphatic rings. The number of benzene rings is 11. The maximum absolute atomic E-state index is 12.5. The van der Waals surface area contributed by atoms with E-state index in [9.17, 15) is 17.3 Å². The number of hydrogen-bond acceptors (Lipinski definition) is 4. The molecule has 17 rings (SSSR count). The highest BCUT2D eigenvalue weighted by Crippen LogP contribution is 2.55. The molecule has 8 heteroatoms. The summed E-state index contributed by atoms with van der Waals surface area (Å²) in [6, 6.07) is 62.4. The number of fused-ring (bicyclic) bond motifs is 21. The van der Waals surface area contributed by atoms with Crippen molar-refractivity contribution in [3.8, 4) is 34.3 Å². The van der Waals surface area contributed by atoms with Crippen LogP contribution in [0, 0.1) is 17.9 Å². The van der Waals surface area contributed by atoms with Crippen molar-refractivity contribution in [2.45, 2.75) is 0 Å². The summed E-state index contributed by atoms with van der Waals surface area (Å²) in [7, 11) is 0. The Morgan fingerprint density at radius 3 is 1.17 bits per heavy atom. The fourth-order valence-corrected chi connectivity index (χ4v) is 16.4. The van der Waals surface area contributed by atoms with E-state index in [1.165, 1.54) is 0 Å². The van der Waals surface area contributed by atoms with Gasteiger partial charge < -0.3 is 13.7 Å². The van der Waals surface area contributed by atoms with Gasteiger partial charge in [0.1, 0.15) is 6.07 Å². The summed E-state index contributed by atoms with van der Waals surface area (Å²) >= 11 is 5.12. The number of rotatable bonds is 4. The van der Waals surface area contributed by atoms with Crippen LogP contribution in [0.2, 0.25) is 0 Å². The van der Waals surface area contributed by atoms with Crippen LogP contribution in [0.25, 0.3) is 159 Å². The Hall–Kier alpha value is -9.54. The van der Waals surface area contributed by atoms with Gasteiger partial charge in [0.2, 0.25) is 5.69 Å². The zero-order valence-corrected chi connectivity index (χ0v) is 42.2. The van der Waals surface area contributed by atoms with Crippen LogP contribution in [0.1, 0.15) is 12.4 Å². The van der Waals surface area contributed by atoms with Crippen molar-refractivity contribution >= 4 is 166 Å². The molecule has 6 heterocycles. The summed E-state index contributed by atoms with van der Waals surface area (Å²) in [5, 5.41) is 24.8. The second kappa shape index (κ2) is 15.5. The van der Waals surface area contributed by atoms with Gasteiger partial charge >= 0.3 is 0 Å². The van der Waals surface area contributed by atoms with Crippen molar-refractivity contribution in [3.63, 3.8) is 0 Å². The van der Waals surface area contributed by atoms with E-state index in [4.69, 9.17) is 6.22 Å². The largest absolute Gasteiger partial charge is 0.318 e. The summed E-state index contributed by atoms with van der Waals surface area (Å²) in [5.41, 5.74) is 5.62. The van der Waals surface area contributed by atoms with Crippen molar-refractivity contribution < 1.29 is 6.85 Å². The maximum Gasteiger partial charge on any atom is 0.237 e. The zero-order valence-electron chi connectivity index (χ0n) is 44.8. The Bertz CT molecular complexity index is 5810. The molecule has 0 saturated heterocycles. The van der Waals surface area contributed by atoms with Gasteiger partial charge in [-0.1, -0.05) is 158 Å². The number of nitriles is 1. The summed E-state index contributed by atoms with van der Waals surface area (Å²) in [4.78, 5) is 4.70. The topological polar surface area (TPSA) is 42.9 Å². The minimum Gasteiger partial charge on any atom is -0.318 e. The maximum atomic E-state index is 12.5. The van der Waals surface area contributed by atoms with Crippen LogP contribution in [-0.2, 0) is 0 Å². The third kappa shape index (κ3) is 5.39. The van der Waals surface area contributed by atoms with Crippen LogP contribution in [-0.4, -0.2) is 13.7 Å². The van der Waals surface area contributed by atoms with Crippen LogP contribution >= 0.6 is 34.0 Å². The third-order valence-electron chi connectivity index (χ3n) is 15.6. The molecular weight excluding hydrogens is 983 g/mol. The lowest BCUT2D eigenvalue weighted by molar-refractivity contribution is 1.08. The summed E-state index contributed by atoms with van der Waals surface area (Å²) < 4.78 is 60.5. The SMILES string of the molecule is [2H]c1c([2H])c([2H])c(-c2c(C#N)c(-n3c4ccccc4c4c5sc6ccccc6c5ccc43)c([N+]#[C-])c(-n3c4ccccc4c4c5sc6ccccc6c5ccc43)c2-n2c3ccccc3c3c4sc5ccccc5c4ccc32)c([2H])c1[2H]. The van der Waals surface area contributed by atoms with Crippen molar-refractivity contribution in [3.05, 3.63) is 229 Å². The number of para-hydroxylation sites is 3. The highest BCUT2D eigenvalue weighted by molar-refractivity contribution is 7.27. The molecule has 76 heavy (non-hydrogen) atoms. The van der Waals surface area contributed by atoms with Crippen molar-refractivity contribution in [1.82, 2.24) is 13.7 Å². The molecular formula is C68H35N5S3. The van der Waals surface area contributed by atoms with E-state index < -0.39 is 30.2 Å². The van der Waals surface area contributed by atoms with E-state index in [0.29, 0.717) is 11.4 Å². The van der Waals surface area contributed by atoms with Gasteiger partial charge in [-0.25, -0.2) is 4.85 Å². The summed E-state index contributed by atoms with van der Waals surface area (Å²) in [6.07, 6.45) is 0. The molecule has 0 spiro atoms. The van der Waals surface area contributed by atoms with Crippen molar-refractivity contribution in [2.24, 2.45) is 0 Å². The summed E-state index contributed by atoms with van der Waals surface area (Å²) in [6.45, 7) is 9.84. The first-order valence-electron chi connectivity index (χ1n) is 27.4. The van der Waals surface area contributed by atoms with Crippen LogP contribution in [0.15, 0.2) is 212 Å². The highest BCUT2D eigenvalue weighted by Gasteiger charge is 2.34. The lowest BCUT2D eigenvalue weighted by atomic mass is 9.93. The molecule has 0 saturated carbocycles. The van der Waals surface area contributed by atoms with E-state index in [2.05, 4.69) is 137 Å². The number of aromatic nitrogens is 3. The fraction of sp³-hybridized carbons (Fsp3) is 0. The Morgan fingerprint density at radius 2 is 0.763 bits per heavy atom. The monoisotopic (exact) mass is 1020 g/mol. The second-order valence-corrected chi connectivity index (χ2v) is 22.4. The van der Waals surface area contributed by atoms with Gasteiger partial charge in [-0.3, -0.25) is 0 Å². The zero-order chi connectivity index (χ0) is 54.3. The molecule has 0 unspecified atom stereocenters. The molecule has 0 amide bonds. The van der Waals surface area contributed by atoms with E-state index >= 15 is 0 Å². The number of thiophene rings is 3. The Kier molecular flexibility index (Phi) is 7.59. The van der Waals surface area contributed by atoms with Crippen LogP contribution in [0.5, 0.6) is 0 Å². The van der Waals surface area contributed by atoms with Gasteiger partial charge in [-0.15, -0.1) is 34.0 Å². The highest BCUT2D eigenvalue weighted by atomic mass is 32.1. The molecule has 5 nitrogen and oxygen atoms in total. The van der Waals surface area contributed by atoms with E-state index in [-0.39, 0.29) is 28.1 Å². The summed E-state index contributed by atoms with van der Waals surface area (Å²) in [5.74, 6) is 0. The van der Waals surface area contributed by atoms with Gasteiger partial charge in [0.15, 0.2) is 0 Å². The van der Waals surface area contributed by atoms with E-state index in [1.54, 1.807) is 34.0 Å². The van der Waals surface area contributed by atoms with Gasteiger partial charge in [-0.05, 0) is 60.2 Å². The second-order valence-electron chi connectivity index (χ2n) is 19.2.